The zero-order valence-electron chi connectivity index (χ0n) is 32.3. The van der Waals surface area contributed by atoms with Crippen molar-refractivity contribution in [1.82, 2.24) is 19.5 Å². The molecule has 0 aliphatic rings. The Morgan fingerprint density at radius 1 is 0.333 bits per heavy atom. The molecule has 12 aromatic rings. The van der Waals surface area contributed by atoms with E-state index in [0.717, 1.165) is 66.0 Å². The summed E-state index contributed by atoms with van der Waals surface area (Å²) in [4.78, 5) is 15.9. The number of hydrogen-bond acceptors (Lipinski definition) is 4. The molecule has 0 fully saturated rings. The van der Waals surface area contributed by atoms with Gasteiger partial charge in [0.15, 0.2) is 11.6 Å². The van der Waals surface area contributed by atoms with E-state index in [1.807, 2.05) is 30.3 Å². The molecule has 0 saturated heterocycles. The Morgan fingerprint density at radius 2 is 0.867 bits per heavy atom. The number of benzene rings is 9. The Hall–Kier alpha value is -8.15. The number of nitrogens with zero attached hydrogens (tertiary/aromatic N) is 4. The van der Waals surface area contributed by atoms with Gasteiger partial charge in [-0.3, -0.25) is 4.57 Å². The molecule has 12 rings (SSSR count). The third kappa shape index (κ3) is 5.52. The predicted octanol–water partition coefficient (Wildman–Crippen LogP) is 14.4. The molecular formula is C55H34N4O. The van der Waals surface area contributed by atoms with E-state index >= 15 is 0 Å². The van der Waals surface area contributed by atoms with Gasteiger partial charge >= 0.3 is 0 Å². The third-order valence-electron chi connectivity index (χ3n) is 11.7. The van der Waals surface area contributed by atoms with Crippen LogP contribution in [0.15, 0.2) is 211 Å². The Bertz CT molecular complexity index is 3540. The molecule has 3 heterocycles. The average molecular weight is 767 g/mol. The Balaban J connectivity index is 1.06. The van der Waals surface area contributed by atoms with Crippen molar-refractivity contribution in [1.29, 1.82) is 0 Å². The largest absolute Gasteiger partial charge is 0.456 e. The minimum Gasteiger partial charge on any atom is -0.456 e. The average Bonchev–Trinajstić information content (AvgIpc) is 3.88. The van der Waals surface area contributed by atoms with E-state index in [1.165, 1.54) is 33.0 Å². The van der Waals surface area contributed by atoms with E-state index in [1.54, 1.807) is 0 Å². The van der Waals surface area contributed by atoms with Gasteiger partial charge in [-0.1, -0.05) is 176 Å². The summed E-state index contributed by atoms with van der Waals surface area (Å²) in [6.07, 6.45) is 0. The van der Waals surface area contributed by atoms with Gasteiger partial charge in [-0.15, -0.1) is 0 Å². The lowest BCUT2D eigenvalue weighted by Gasteiger charge is -2.14. The highest BCUT2D eigenvalue weighted by atomic mass is 16.3. The van der Waals surface area contributed by atoms with Crippen LogP contribution in [-0.4, -0.2) is 19.5 Å². The maximum Gasteiger partial charge on any atom is 0.238 e. The normalized spacial score (nSPS) is 11.7. The molecule has 0 N–H and O–H groups in total. The van der Waals surface area contributed by atoms with Gasteiger partial charge in [0.05, 0.1) is 11.0 Å². The minimum atomic E-state index is 0.550. The number of hydrogen-bond donors (Lipinski definition) is 0. The summed E-state index contributed by atoms with van der Waals surface area (Å²) >= 11 is 0. The van der Waals surface area contributed by atoms with Crippen LogP contribution in [0, 0.1) is 0 Å². The van der Waals surface area contributed by atoms with Crippen molar-refractivity contribution in [3.05, 3.63) is 206 Å². The van der Waals surface area contributed by atoms with Gasteiger partial charge in [0.25, 0.3) is 0 Å². The highest BCUT2D eigenvalue weighted by Crippen LogP contribution is 2.40. The molecule has 0 radical (unpaired) electrons. The van der Waals surface area contributed by atoms with Crippen LogP contribution in [0.3, 0.4) is 0 Å². The first-order valence-corrected chi connectivity index (χ1v) is 20.2. The zero-order valence-corrected chi connectivity index (χ0v) is 32.3. The number of fused-ring (bicyclic) bond motifs is 7. The molecule has 0 aliphatic heterocycles. The van der Waals surface area contributed by atoms with Crippen LogP contribution in [0.2, 0.25) is 0 Å². The monoisotopic (exact) mass is 766 g/mol. The predicted molar refractivity (Wildman–Crippen MR) is 246 cm³/mol. The van der Waals surface area contributed by atoms with Crippen LogP contribution >= 0.6 is 0 Å². The molecule has 0 spiro atoms. The van der Waals surface area contributed by atoms with Crippen molar-refractivity contribution < 1.29 is 4.42 Å². The molecule has 0 aliphatic carbocycles. The molecule has 0 bridgehead atoms. The van der Waals surface area contributed by atoms with E-state index in [9.17, 15) is 0 Å². The fourth-order valence-corrected chi connectivity index (χ4v) is 8.93. The van der Waals surface area contributed by atoms with Crippen molar-refractivity contribution in [2.45, 2.75) is 0 Å². The van der Waals surface area contributed by atoms with Gasteiger partial charge in [-0.2, -0.15) is 9.97 Å². The molecular weight excluding hydrogens is 733 g/mol. The highest BCUT2D eigenvalue weighted by molar-refractivity contribution is 6.12. The van der Waals surface area contributed by atoms with E-state index in [4.69, 9.17) is 19.4 Å². The number of para-hydroxylation sites is 3. The standard InChI is InChI=1S/C55H34N4O/c1-2-14-35(15-3-1)36-30-32-37(33-31-36)41-23-11-16-38-17-12-24-42(51(38)41)39-18-10-19-40(34-39)53-56-54(46-25-13-29-50-52(46)45-22-6-9-28-49(45)60-50)58-55(57-53)59-47-26-7-4-20-43(47)44-21-5-8-27-48(44)59/h1-34H. The fourth-order valence-electron chi connectivity index (χ4n) is 8.93. The van der Waals surface area contributed by atoms with Crippen LogP contribution < -0.4 is 0 Å². The minimum absolute atomic E-state index is 0.550. The second-order valence-corrected chi connectivity index (χ2v) is 15.2. The lowest BCUT2D eigenvalue weighted by Crippen LogP contribution is -2.06. The van der Waals surface area contributed by atoms with Crippen LogP contribution in [0.5, 0.6) is 0 Å². The summed E-state index contributed by atoms with van der Waals surface area (Å²) in [7, 11) is 0. The second kappa shape index (κ2) is 13.8. The van der Waals surface area contributed by atoms with Crippen molar-refractivity contribution in [2.75, 3.05) is 0 Å². The van der Waals surface area contributed by atoms with E-state index in [-0.39, 0.29) is 0 Å². The van der Waals surface area contributed by atoms with Gasteiger partial charge in [0.1, 0.15) is 11.2 Å². The zero-order chi connectivity index (χ0) is 39.6. The van der Waals surface area contributed by atoms with Gasteiger partial charge in [0, 0.05) is 32.7 Å². The smallest absolute Gasteiger partial charge is 0.238 e. The van der Waals surface area contributed by atoms with Crippen LogP contribution in [-0.2, 0) is 0 Å². The van der Waals surface area contributed by atoms with Gasteiger partial charge in [-0.25, -0.2) is 4.98 Å². The van der Waals surface area contributed by atoms with Crippen LogP contribution in [0.4, 0.5) is 0 Å². The van der Waals surface area contributed by atoms with E-state index in [0.29, 0.717) is 17.6 Å². The lowest BCUT2D eigenvalue weighted by atomic mass is 9.90. The maximum absolute atomic E-state index is 6.34. The van der Waals surface area contributed by atoms with Gasteiger partial charge in [0.2, 0.25) is 5.95 Å². The first-order valence-electron chi connectivity index (χ1n) is 20.2. The molecule has 5 heteroatoms. The Kier molecular flexibility index (Phi) is 7.78. The first-order chi connectivity index (χ1) is 29.7. The fraction of sp³-hybridized carbons (Fsp3) is 0. The quantitative estimate of drug-likeness (QED) is 0.169. The summed E-state index contributed by atoms with van der Waals surface area (Å²) in [5.41, 5.74) is 12.4. The molecule has 5 nitrogen and oxygen atoms in total. The summed E-state index contributed by atoms with van der Waals surface area (Å²) in [6.45, 7) is 0. The number of furan rings is 1. The molecule has 280 valence electrons. The maximum atomic E-state index is 6.34. The molecule has 0 unspecified atom stereocenters. The van der Waals surface area contributed by atoms with Crippen molar-refractivity contribution in [3.8, 4) is 62.1 Å². The lowest BCUT2D eigenvalue weighted by molar-refractivity contribution is 0.669. The molecule has 60 heavy (non-hydrogen) atoms. The molecule has 0 atom stereocenters. The number of aromatic nitrogens is 4. The number of rotatable bonds is 6. The SMILES string of the molecule is c1ccc(-c2ccc(-c3cccc4cccc(-c5cccc(-c6nc(-c7cccc8oc9ccccc9c78)nc(-n7c8ccccc8c8ccccc87)n6)c5)c34)cc2)cc1. The van der Waals surface area contributed by atoms with Gasteiger partial charge < -0.3 is 4.42 Å². The van der Waals surface area contributed by atoms with Crippen molar-refractivity contribution >= 4 is 54.5 Å². The van der Waals surface area contributed by atoms with Crippen LogP contribution in [0.25, 0.3) is 117 Å². The van der Waals surface area contributed by atoms with Crippen molar-refractivity contribution in [2.24, 2.45) is 0 Å². The summed E-state index contributed by atoms with van der Waals surface area (Å²) < 4.78 is 8.50. The topological polar surface area (TPSA) is 56.7 Å². The Morgan fingerprint density at radius 3 is 1.63 bits per heavy atom. The van der Waals surface area contributed by atoms with E-state index < -0.39 is 0 Å². The molecule has 9 aromatic carbocycles. The van der Waals surface area contributed by atoms with Gasteiger partial charge in [-0.05, 0) is 74.5 Å². The van der Waals surface area contributed by atoms with Crippen molar-refractivity contribution in [3.63, 3.8) is 0 Å². The summed E-state index contributed by atoms with van der Waals surface area (Å²) in [6, 6.07) is 72.3. The van der Waals surface area contributed by atoms with E-state index in [2.05, 4.69) is 180 Å². The molecule has 3 aromatic heterocycles. The molecule has 0 amide bonds. The van der Waals surface area contributed by atoms with Crippen LogP contribution in [0.1, 0.15) is 0 Å². The third-order valence-corrected chi connectivity index (χ3v) is 11.7. The highest BCUT2D eigenvalue weighted by Gasteiger charge is 2.21. The second-order valence-electron chi connectivity index (χ2n) is 15.2. The first kappa shape index (κ1) is 33.9. The molecule has 0 saturated carbocycles. The summed E-state index contributed by atoms with van der Waals surface area (Å²) in [5, 5.41) is 6.66. The summed E-state index contributed by atoms with van der Waals surface area (Å²) in [5.74, 6) is 1.71. The Labute approximate surface area is 345 Å².